The minimum Gasteiger partial charge on any atom is -0.347 e. The lowest BCUT2D eigenvalue weighted by Gasteiger charge is -2.08. The quantitative estimate of drug-likeness (QED) is 0.894. The van der Waals surface area contributed by atoms with Crippen LogP contribution in [0.3, 0.4) is 0 Å². The van der Waals surface area contributed by atoms with E-state index in [1.165, 1.54) is 23.5 Å². The summed E-state index contributed by atoms with van der Waals surface area (Å²) < 4.78 is 0. The molecular weight excluding hydrogens is 226 g/mol. The Labute approximate surface area is 106 Å². The second-order valence-electron chi connectivity index (χ2n) is 4.20. The summed E-state index contributed by atoms with van der Waals surface area (Å²) in [5.41, 5.74) is 3.81. The van der Waals surface area contributed by atoms with Gasteiger partial charge in [-0.3, -0.25) is 9.78 Å². The molecule has 0 bridgehead atoms. The molecule has 1 N–H and O–H groups in total. The minimum atomic E-state index is -0.205. The zero-order chi connectivity index (χ0) is 13.0. The number of hydrogen-bond acceptors (Lipinski definition) is 3. The van der Waals surface area contributed by atoms with E-state index in [0.29, 0.717) is 12.2 Å². The second-order valence-corrected chi connectivity index (χ2v) is 4.20. The largest absolute Gasteiger partial charge is 0.347 e. The van der Waals surface area contributed by atoms with Crippen LogP contribution in [0.1, 0.15) is 27.2 Å². The van der Waals surface area contributed by atoms with E-state index in [1.807, 2.05) is 13.8 Å². The van der Waals surface area contributed by atoms with Crippen LogP contribution in [0.4, 0.5) is 0 Å². The topological polar surface area (TPSA) is 54.9 Å². The summed E-state index contributed by atoms with van der Waals surface area (Å²) >= 11 is 0. The smallest absolute Gasteiger partial charge is 0.271 e. The summed E-state index contributed by atoms with van der Waals surface area (Å²) in [6, 6.07) is 6.19. The number of nitrogens with one attached hydrogen (secondary N) is 1. The molecule has 18 heavy (non-hydrogen) atoms. The molecule has 0 unspecified atom stereocenters. The van der Waals surface area contributed by atoms with Crippen molar-refractivity contribution < 1.29 is 4.79 Å². The molecule has 4 nitrogen and oxygen atoms in total. The Morgan fingerprint density at radius 1 is 1.28 bits per heavy atom. The maximum absolute atomic E-state index is 11.8. The molecule has 0 fully saturated rings. The molecule has 0 saturated heterocycles. The lowest BCUT2D eigenvalue weighted by Crippen LogP contribution is -2.24. The predicted molar refractivity (Wildman–Crippen MR) is 69.1 cm³/mol. The third-order valence-electron chi connectivity index (χ3n) is 2.74. The molecule has 92 valence electrons. The average molecular weight is 241 g/mol. The first-order valence-corrected chi connectivity index (χ1v) is 5.77. The third-order valence-corrected chi connectivity index (χ3v) is 2.74. The van der Waals surface area contributed by atoms with E-state index in [0.717, 1.165) is 5.56 Å². The highest BCUT2D eigenvalue weighted by Crippen LogP contribution is 2.10. The summed E-state index contributed by atoms with van der Waals surface area (Å²) in [5, 5.41) is 2.84. The van der Waals surface area contributed by atoms with Crippen molar-refractivity contribution in [1.29, 1.82) is 0 Å². The number of carbonyl (C=O) groups excluding carboxylic acids is 1. The second kappa shape index (κ2) is 5.40. The zero-order valence-electron chi connectivity index (χ0n) is 10.5. The molecule has 0 saturated carbocycles. The fourth-order valence-electron chi connectivity index (χ4n) is 1.67. The van der Waals surface area contributed by atoms with Gasteiger partial charge in [0.2, 0.25) is 0 Å². The predicted octanol–water partition coefficient (Wildman–Crippen LogP) is 2.02. The van der Waals surface area contributed by atoms with Gasteiger partial charge in [-0.15, -0.1) is 0 Å². The third kappa shape index (κ3) is 2.91. The molecule has 4 heteroatoms. The summed E-state index contributed by atoms with van der Waals surface area (Å²) in [4.78, 5) is 19.6. The molecular formula is C14H15N3O. The van der Waals surface area contributed by atoms with Gasteiger partial charge in [0.15, 0.2) is 0 Å². The Bertz CT molecular complexity index is 552. The zero-order valence-corrected chi connectivity index (χ0v) is 10.5. The number of aromatic nitrogens is 2. The fourth-order valence-corrected chi connectivity index (χ4v) is 1.67. The van der Waals surface area contributed by atoms with Crippen molar-refractivity contribution in [1.82, 2.24) is 15.3 Å². The van der Waals surface area contributed by atoms with Gasteiger partial charge >= 0.3 is 0 Å². The normalized spacial score (nSPS) is 10.1. The number of carbonyl (C=O) groups is 1. The molecule has 0 aliphatic rings. The van der Waals surface area contributed by atoms with Crippen molar-refractivity contribution in [2.75, 3.05) is 0 Å². The first-order chi connectivity index (χ1) is 8.66. The number of amides is 1. The Hall–Kier alpha value is -2.23. The monoisotopic (exact) mass is 241 g/mol. The van der Waals surface area contributed by atoms with Gasteiger partial charge in [0, 0.05) is 18.9 Å². The lowest BCUT2D eigenvalue weighted by atomic mass is 10.1. The first kappa shape index (κ1) is 12.2. The number of rotatable bonds is 3. The molecule has 1 amide bonds. The maximum atomic E-state index is 11.8. The minimum absolute atomic E-state index is 0.205. The number of hydrogen-bond donors (Lipinski definition) is 1. The van der Waals surface area contributed by atoms with Gasteiger partial charge in [-0.05, 0) is 25.0 Å². The summed E-state index contributed by atoms with van der Waals surface area (Å²) in [6.45, 7) is 4.57. The van der Waals surface area contributed by atoms with Crippen molar-refractivity contribution in [2.45, 2.75) is 20.4 Å². The SMILES string of the molecule is Cc1ccc(C)c(CNC(=O)c2cnccn2)c1. The van der Waals surface area contributed by atoms with Crippen LogP contribution in [0.25, 0.3) is 0 Å². The van der Waals surface area contributed by atoms with Crippen LogP contribution in [-0.2, 0) is 6.54 Å². The van der Waals surface area contributed by atoms with E-state index >= 15 is 0 Å². The Balaban J connectivity index is 2.04. The Kier molecular flexibility index (Phi) is 3.67. The highest BCUT2D eigenvalue weighted by molar-refractivity contribution is 5.91. The highest BCUT2D eigenvalue weighted by Gasteiger charge is 2.07. The van der Waals surface area contributed by atoms with Crippen LogP contribution < -0.4 is 5.32 Å². The molecule has 1 heterocycles. The molecule has 0 radical (unpaired) electrons. The van der Waals surface area contributed by atoms with Crippen LogP contribution in [0.5, 0.6) is 0 Å². The molecule has 1 aromatic heterocycles. The average Bonchev–Trinajstić information content (AvgIpc) is 2.40. The molecule has 0 atom stereocenters. The Morgan fingerprint density at radius 3 is 2.83 bits per heavy atom. The van der Waals surface area contributed by atoms with E-state index < -0.39 is 0 Å². The van der Waals surface area contributed by atoms with Crippen molar-refractivity contribution in [3.8, 4) is 0 Å². The molecule has 1 aromatic carbocycles. The molecule has 2 rings (SSSR count). The van der Waals surface area contributed by atoms with Gasteiger partial charge < -0.3 is 5.32 Å². The van der Waals surface area contributed by atoms with Gasteiger partial charge in [0.25, 0.3) is 5.91 Å². The summed E-state index contributed by atoms with van der Waals surface area (Å²) in [7, 11) is 0. The number of aryl methyl sites for hydroxylation is 2. The van der Waals surface area contributed by atoms with E-state index in [1.54, 1.807) is 6.20 Å². The standard InChI is InChI=1S/C14H15N3O/c1-10-3-4-11(2)12(7-10)8-17-14(18)13-9-15-5-6-16-13/h3-7,9H,8H2,1-2H3,(H,17,18). The molecule has 0 aliphatic heterocycles. The van der Waals surface area contributed by atoms with Crippen LogP contribution >= 0.6 is 0 Å². The van der Waals surface area contributed by atoms with Crippen LogP contribution in [0.15, 0.2) is 36.8 Å². The van der Waals surface area contributed by atoms with Crippen LogP contribution in [0.2, 0.25) is 0 Å². The number of nitrogens with zero attached hydrogens (tertiary/aromatic N) is 2. The van der Waals surface area contributed by atoms with Crippen LogP contribution in [0, 0.1) is 13.8 Å². The maximum Gasteiger partial charge on any atom is 0.271 e. The van der Waals surface area contributed by atoms with E-state index in [9.17, 15) is 4.79 Å². The van der Waals surface area contributed by atoms with Gasteiger partial charge in [0.05, 0.1) is 6.20 Å². The van der Waals surface area contributed by atoms with Gasteiger partial charge in [-0.2, -0.15) is 0 Å². The van der Waals surface area contributed by atoms with Gasteiger partial charge in [-0.25, -0.2) is 4.98 Å². The van der Waals surface area contributed by atoms with Crippen LogP contribution in [-0.4, -0.2) is 15.9 Å². The molecule has 0 spiro atoms. The lowest BCUT2D eigenvalue weighted by molar-refractivity contribution is 0.0945. The van der Waals surface area contributed by atoms with Crippen molar-refractivity contribution in [2.24, 2.45) is 0 Å². The fraction of sp³-hybridized carbons (Fsp3) is 0.214. The van der Waals surface area contributed by atoms with Crippen molar-refractivity contribution in [3.63, 3.8) is 0 Å². The van der Waals surface area contributed by atoms with E-state index in [-0.39, 0.29) is 5.91 Å². The summed E-state index contributed by atoms with van der Waals surface area (Å²) in [6.07, 6.45) is 4.51. The first-order valence-electron chi connectivity index (χ1n) is 5.77. The molecule has 0 aliphatic carbocycles. The highest BCUT2D eigenvalue weighted by atomic mass is 16.1. The molecule has 2 aromatic rings. The summed E-state index contributed by atoms with van der Waals surface area (Å²) in [5.74, 6) is -0.205. The van der Waals surface area contributed by atoms with E-state index in [2.05, 4.69) is 33.5 Å². The van der Waals surface area contributed by atoms with Gasteiger partial charge in [-0.1, -0.05) is 23.8 Å². The Morgan fingerprint density at radius 2 is 2.11 bits per heavy atom. The van der Waals surface area contributed by atoms with Crippen molar-refractivity contribution in [3.05, 3.63) is 59.2 Å². The van der Waals surface area contributed by atoms with Crippen molar-refractivity contribution >= 4 is 5.91 Å². The van der Waals surface area contributed by atoms with Gasteiger partial charge in [0.1, 0.15) is 5.69 Å². The van der Waals surface area contributed by atoms with E-state index in [4.69, 9.17) is 0 Å². The number of benzene rings is 1.